The monoisotopic (exact) mass is 594 g/mol. The molecule has 1 fully saturated rings. The van der Waals surface area contributed by atoms with Crippen LogP contribution in [-0.4, -0.2) is 25.9 Å². The van der Waals surface area contributed by atoms with Crippen molar-refractivity contribution < 1.29 is 35.9 Å². The quantitative estimate of drug-likeness (QED) is 0.191. The molecule has 40 heavy (non-hydrogen) atoms. The number of hydrogen-bond acceptors (Lipinski definition) is 3. The second-order valence-corrected chi connectivity index (χ2v) is 11.5. The predicted molar refractivity (Wildman–Crippen MR) is 147 cm³/mol. The molecule has 1 aromatic heterocycles. The number of alkyl halides is 6. The number of nitrogens with zero attached hydrogens (tertiary/aromatic N) is 1. The van der Waals surface area contributed by atoms with E-state index in [1.807, 2.05) is 30.3 Å². The highest BCUT2D eigenvalue weighted by atomic mass is 32.2. The van der Waals surface area contributed by atoms with Crippen LogP contribution < -0.4 is 10.1 Å². The summed E-state index contributed by atoms with van der Waals surface area (Å²) >= 11 is 5.26. The minimum Gasteiger partial charge on any atom is -0.489 e. The van der Waals surface area contributed by atoms with Crippen molar-refractivity contribution in [3.8, 4) is 5.75 Å². The molecule has 3 aromatic carbocycles. The maximum atomic E-state index is 13.9. The average Bonchev–Trinajstić information content (AvgIpc) is 3.39. The Balaban J connectivity index is 1.58. The number of amides is 1. The van der Waals surface area contributed by atoms with Crippen LogP contribution in [0.1, 0.15) is 27.9 Å². The number of hydrogen-bond donors (Lipinski definition) is 1. The Morgan fingerprint density at radius 1 is 0.950 bits per heavy atom. The van der Waals surface area contributed by atoms with E-state index in [0.717, 1.165) is 11.6 Å². The van der Waals surface area contributed by atoms with E-state index in [1.165, 1.54) is 0 Å². The van der Waals surface area contributed by atoms with Gasteiger partial charge in [-0.05, 0) is 52.9 Å². The highest BCUT2D eigenvalue weighted by Gasteiger charge is 2.38. The maximum Gasteiger partial charge on any atom is 0.416 e. The summed E-state index contributed by atoms with van der Waals surface area (Å²) < 4.78 is 89.1. The minimum atomic E-state index is -5.01. The molecule has 2 heterocycles. The van der Waals surface area contributed by atoms with Gasteiger partial charge in [-0.25, -0.2) is 0 Å². The highest BCUT2D eigenvalue weighted by molar-refractivity contribution is 8.35. The van der Waals surface area contributed by atoms with E-state index in [-0.39, 0.29) is 29.8 Å². The maximum absolute atomic E-state index is 13.9. The van der Waals surface area contributed by atoms with Gasteiger partial charge >= 0.3 is 12.4 Å². The van der Waals surface area contributed by atoms with Crippen LogP contribution in [0.25, 0.3) is 10.9 Å². The first-order chi connectivity index (χ1) is 18.9. The summed E-state index contributed by atoms with van der Waals surface area (Å²) in [6, 6.07) is 17.9. The first-order valence-corrected chi connectivity index (χ1v) is 13.7. The van der Waals surface area contributed by atoms with E-state index in [0.29, 0.717) is 39.3 Å². The van der Waals surface area contributed by atoms with E-state index in [9.17, 15) is 31.1 Å². The molecule has 0 spiro atoms. The van der Waals surface area contributed by atoms with Crippen molar-refractivity contribution in [2.75, 3.05) is 5.75 Å². The van der Waals surface area contributed by atoms with Gasteiger partial charge in [0.1, 0.15) is 16.7 Å². The van der Waals surface area contributed by atoms with Crippen molar-refractivity contribution in [2.45, 2.75) is 25.5 Å². The van der Waals surface area contributed by atoms with Crippen LogP contribution in [0.15, 0.2) is 72.8 Å². The van der Waals surface area contributed by atoms with Gasteiger partial charge in [0.25, 0.3) is 0 Å². The molecule has 0 aliphatic carbocycles. The van der Waals surface area contributed by atoms with Crippen LogP contribution >= 0.6 is 22.7 Å². The van der Waals surface area contributed by atoms with Gasteiger partial charge in [0.15, 0.2) is 0 Å². The van der Waals surface area contributed by atoms with Crippen molar-refractivity contribution in [3.05, 3.63) is 101 Å². The molecule has 1 N–H and O–H groups in total. The van der Waals surface area contributed by atoms with Crippen molar-refractivity contribution >= 4 is 49.2 Å². The summed E-state index contributed by atoms with van der Waals surface area (Å²) in [5.74, 6) is 0.382. The van der Waals surface area contributed by atoms with Crippen LogP contribution in [0.5, 0.6) is 5.75 Å². The fraction of sp³-hybridized carbons (Fsp3) is 0.179. The van der Waals surface area contributed by atoms with Gasteiger partial charge in [-0.15, -0.1) is 10.5 Å². The van der Waals surface area contributed by atoms with Gasteiger partial charge in [0.2, 0.25) is 5.91 Å². The van der Waals surface area contributed by atoms with E-state index in [4.69, 9.17) is 17.0 Å². The van der Waals surface area contributed by atoms with Gasteiger partial charge in [-0.1, -0.05) is 48.6 Å². The van der Waals surface area contributed by atoms with Crippen LogP contribution in [0, 0.1) is 0 Å². The molecule has 1 aliphatic rings. The van der Waals surface area contributed by atoms with Gasteiger partial charge < -0.3 is 14.6 Å². The van der Waals surface area contributed by atoms with Crippen molar-refractivity contribution in [1.29, 1.82) is 0 Å². The number of halogens is 6. The smallest absolute Gasteiger partial charge is 0.416 e. The molecule has 1 unspecified atom stereocenters. The lowest BCUT2D eigenvalue weighted by Crippen LogP contribution is -2.18. The number of benzene rings is 3. The molecule has 4 aromatic rings. The normalized spacial score (nSPS) is 16.1. The number of thiocarbonyl (C=S) groups is 1. The van der Waals surface area contributed by atoms with Crippen LogP contribution in [0.3, 0.4) is 0 Å². The van der Waals surface area contributed by atoms with Gasteiger partial charge in [-0.3, -0.25) is 4.79 Å². The van der Waals surface area contributed by atoms with E-state index in [2.05, 4.69) is 5.32 Å². The number of carbonyl (C=O) groups excluding carboxylic acids is 1. The Morgan fingerprint density at radius 3 is 2.35 bits per heavy atom. The summed E-state index contributed by atoms with van der Waals surface area (Å²) in [6.07, 6.45) is -9.93. The number of carbonyl (C=O) groups is 1. The lowest BCUT2D eigenvalue weighted by atomic mass is 10.0. The zero-order valence-corrected chi connectivity index (χ0v) is 22.1. The van der Waals surface area contributed by atoms with E-state index in [1.54, 1.807) is 34.2 Å². The molecule has 5 rings (SSSR count). The number of fused-ring (bicyclic) bond motifs is 1. The molecule has 1 amide bonds. The van der Waals surface area contributed by atoms with Crippen LogP contribution in [0.2, 0.25) is 0 Å². The van der Waals surface area contributed by atoms with Gasteiger partial charge in [0, 0.05) is 23.1 Å². The summed E-state index contributed by atoms with van der Waals surface area (Å²) in [6.45, 7) is -0.0596. The molecule has 1 aliphatic heterocycles. The third-order valence-electron chi connectivity index (χ3n) is 6.25. The zero-order valence-electron chi connectivity index (χ0n) is 20.5. The second kappa shape index (κ2) is 10.7. The molecule has 1 atom stereocenters. The second-order valence-electron chi connectivity index (χ2n) is 9.04. The van der Waals surface area contributed by atoms with Crippen molar-refractivity contribution in [2.24, 2.45) is 0 Å². The summed E-state index contributed by atoms with van der Waals surface area (Å²) in [5.41, 5.74) is -1.11. The molecule has 0 bridgehead atoms. The lowest BCUT2D eigenvalue weighted by Gasteiger charge is -2.18. The average molecular weight is 595 g/mol. The van der Waals surface area contributed by atoms with Gasteiger partial charge in [0.05, 0.1) is 16.9 Å². The molecule has 12 heteroatoms. The summed E-state index contributed by atoms with van der Waals surface area (Å²) in [4.78, 5) is 11.9. The SMILES string of the molecule is O=C1C/S(=C\c2cc3cc(OCc4ccccc4)ccc3n2Cc2ccc(C(F)(F)F)cc2C(F)(F)F)C(=S)N1. The van der Waals surface area contributed by atoms with Crippen LogP contribution in [0.4, 0.5) is 26.3 Å². The fourth-order valence-corrected chi connectivity index (χ4v) is 6.21. The third-order valence-corrected chi connectivity index (χ3v) is 8.68. The first-order valence-electron chi connectivity index (χ1n) is 11.8. The number of rotatable bonds is 6. The molecule has 4 nitrogen and oxygen atoms in total. The Hall–Kier alpha value is -3.64. The molecular formula is C28H20F6N2O2S2. The van der Waals surface area contributed by atoms with Gasteiger partial charge in [-0.2, -0.15) is 26.3 Å². The Bertz CT molecular complexity index is 1640. The topological polar surface area (TPSA) is 43.3 Å². The Labute approximate surface area is 232 Å². The Kier molecular flexibility index (Phi) is 7.49. The van der Waals surface area contributed by atoms with Crippen LogP contribution in [-0.2, 0) is 30.3 Å². The first kappa shape index (κ1) is 27.9. The predicted octanol–water partition coefficient (Wildman–Crippen LogP) is 7.14. The largest absolute Gasteiger partial charge is 0.489 e. The third kappa shape index (κ3) is 6.07. The minimum absolute atomic E-state index is 0.111. The van der Waals surface area contributed by atoms with Crippen molar-refractivity contribution in [3.63, 3.8) is 0 Å². The van der Waals surface area contributed by atoms with Crippen molar-refractivity contribution in [1.82, 2.24) is 9.88 Å². The molecule has 0 radical (unpaired) electrons. The number of aromatic nitrogens is 1. The molecular weight excluding hydrogens is 574 g/mol. The fourth-order valence-electron chi connectivity index (χ4n) is 4.36. The standard InChI is InChI=1S/C28H20F6N2O2S2/c29-27(30,31)20-7-6-18(23(12-20)28(32,33)34)13-36-21(15-40-16-25(37)35-26(40)39)10-19-11-22(8-9-24(19)36)38-14-17-4-2-1-3-5-17/h1-12,15H,13-14,16H2,(H,35,37,39). The molecule has 1 saturated heterocycles. The molecule has 0 saturated carbocycles. The summed E-state index contributed by atoms with van der Waals surface area (Å²) in [7, 11) is -0.797. The lowest BCUT2D eigenvalue weighted by molar-refractivity contribution is -0.143. The number of nitrogens with one attached hydrogen (secondary N) is 1. The number of ether oxygens (including phenoxy) is 1. The van der Waals surface area contributed by atoms with E-state index < -0.39 is 34.0 Å². The zero-order chi connectivity index (χ0) is 28.7. The van der Waals surface area contributed by atoms with E-state index >= 15 is 0 Å². The highest BCUT2D eigenvalue weighted by Crippen LogP contribution is 2.38. The molecule has 208 valence electrons. The Morgan fingerprint density at radius 2 is 1.70 bits per heavy atom. The summed E-state index contributed by atoms with van der Waals surface area (Å²) in [5, 5.41) is 4.92.